The molecule has 6 heteroatoms. The molecular formula is C20H24N4O2. The fraction of sp³-hybridized carbons (Fsp3) is 0.400. The van der Waals surface area contributed by atoms with Gasteiger partial charge in [0.2, 0.25) is 5.65 Å². The fourth-order valence-electron chi connectivity index (χ4n) is 3.76. The maximum atomic E-state index is 10.3. The molecule has 26 heavy (non-hydrogen) atoms. The predicted octanol–water partition coefficient (Wildman–Crippen LogP) is 3.72. The molecule has 0 saturated carbocycles. The lowest BCUT2D eigenvalue weighted by atomic mass is 10.0. The molecule has 1 aliphatic rings. The number of phenols is 1. The van der Waals surface area contributed by atoms with E-state index in [1.165, 1.54) is 6.42 Å². The molecule has 1 aromatic carbocycles. The van der Waals surface area contributed by atoms with Gasteiger partial charge in [-0.1, -0.05) is 6.07 Å². The standard InChI is InChI=1S/C20H24N4O2/c1-12-9-13(2)18(16(25)10-12)15-6-7-17-19(22-15)23-20(26-17)21-14-5-4-8-24(3)11-14/h6-7,9-10,14,25H,4-5,8,11H2,1-3H3,(H,21,22,23)/t14-/m1/s1. The number of rotatable bonds is 3. The fourth-order valence-corrected chi connectivity index (χ4v) is 3.76. The van der Waals surface area contributed by atoms with E-state index in [1.807, 2.05) is 32.0 Å². The summed E-state index contributed by atoms with van der Waals surface area (Å²) < 4.78 is 5.81. The zero-order valence-electron chi connectivity index (χ0n) is 15.4. The highest BCUT2D eigenvalue weighted by Crippen LogP contribution is 2.33. The molecule has 1 atom stereocenters. The Morgan fingerprint density at radius 3 is 2.85 bits per heavy atom. The Kier molecular flexibility index (Phi) is 4.28. The van der Waals surface area contributed by atoms with E-state index in [4.69, 9.17) is 4.42 Å². The molecule has 0 spiro atoms. The van der Waals surface area contributed by atoms with Crippen LogP contribution in [0.15, 0.2) is 28.7 Å². The van der Waals surface area contributed by atoms with Crippen molar-refractivity contribution in [3.63, 3.8) is 0 Å². The van der Waals surface area contributed by atoms with Gasteiger partial charge in [0.05, 0.1) is 5.69 Å². The highest BCUT2D eigenvalue weighted by molar-refractivity contribution is 5.78. The molecule has 2 N–H and O–H groups in total. The molecule has 6 nitrogen and oxygen atoms in total. The monoisotopic (exact) mass is 352 g/mol. The van der Waals surface area contributed by atoms with Crippen LogP contribution in [0.1, 0.15) is 24.0 Å². The van der Waals surface area contributed by atoms with Crippen molar-refractivity contribution < 1.29 is 9.52 Å². The Labute approximate surface area is 152 Å². The summed E-state index contributed by atoms with van der Waals surface area (Å²) >= 11 is 0. The molecule has 0 amide bonds. The molecule has 1 fully saturated rings. The number of fused-ring (bicyclic) bond motifs is 1. The number of aromatic hydroxyl groups is 1. The number of oxazole rings is 1. The van der Waals surface area contributed by atoms with E-state index in [-0.39, 0.29) is 5.75 Å². The molecule has 0 bridgehead atoms. The van der Waals surface area contributed by atoms with Gasteiger partial charge in [0.1, 0.15) is 5.75 Å². The van der Waals surface area contributed by atoms with Crippen molar-refractivity contribution in [2.75, 3.05) is 25.5 Å². The lowest BCUT2D eigenvalue weighted by Gasteiger charge is -2.29. The quantitative estimate of drug-likeness (QED) is 0.748. The molecule has 2 aromatic heterocycles. The minimum absolute atomic E-state index is 0.237. The van der Waals surface area contributed by atoms with Gasteiger partial charge < -0.3 is 19.7 Å². The summed E-state index contributed by atoms with van der Waals surface area (Å²) in [6.07, 6.45) is 2.28. The number of hydrogen-bond acceptors (Lipinski definition) is 6. The van der Waals surface area contributed by atoms with Gasteiger partial charge in [0.25, 0.3) is 6.01 Å². The number of benzene rings is 1. The second kappa shape index (κ2) is 6.61. The summed E-state index contributed by atoms with van der Waals surface area (Å²) in [6, 6.07) is 8.37. The number of aryl methyl sites for hydroxylation is 2. The van der Waals surface area contributed by atoms with Crippen LogP contribution in [-0.2, 0) is 0 Å². The molecule has 3 heterocycles. The topological polar surface area (TPSA) is 74.4 Å². The molecule has 0 unspecified atom stereocenters. The number of likely N-dealkylation sites (N-methyl/N-ethyl adjacent to an activating group) is 1. The van der Waals surface area contributed by atoms with E-state index in [0.717, 1.165) is 36.2 Å². The number of likely N-dealkylation sites (tertiary alicyclic amines) is 1. The lowest BCUT2D eigenvalue weighted by molar-refractivity contribution is 0.259. The van der Waals surface area contributed by atoms with Crippen LogP contribution in [-0.4, -0.2) is 46.2 Å². The summed E-state index contributed by atoms with van der Waals surface area (Å²) in [7, 11) is 2.13. The van der Waals surface area contributed by atoms with E-state index in [9.17, 15) is 5.11 Å². The second-order valence-electron chi connectivity index (χ2n) is 7.26. The van der Waals surface area contributed by atoms with Gasteiger partial charge in [-0.05, 0) is 69.6 Å². The molecule has 1 saturated heterocycles. The van der Waals surface area contributed by atoms with Crippen LogP contribution in [0.2, 0.25) is 0 Å². The average molecular weight is 352 g/mol. The number of nitrogens with one attached hydrogen (secondary N) is 1. The van der Waals surface area contributed by atoms with Crippen LogP contribution in [0.5, 0.6) is 5.75 Å². The Balaban J connectivity index is 1.64. The normalized spacial score (nSPS) is 18.3. The third kappa shape index (κ3) is 3.24. The predicted molar refractivity (Wildman–Crippen MR) is 103 cm³/mol. The molecular weight excluding hydrogens is 328 g/mol. The van der Waals surface area contributed by atoms with E-state index in [0.29, 0.717) is 29.0 Å². The van der Waals surface area contributed by atoms with Gasteiger partial charge in [-0.15, -0.1) is 0 Å². The smallest absolute Gasteiger partial charge is 0.297 e. The highest BCUT2D eigenvalue weighted by Gasteiger charge is 2.19. The maximum absolute atomic E-state index is 10.3. The Hall–Kier alpha value is -2.60. The summed E-state index contributed by atoms with van der Waals surface area (Å²) in [6.45, 7) is 6.05. The van der Waals surface area contributed by atoms with Crippen molar-refractivity contribution in [2.45, 2.75) is 32.7 Å². The molecule has 136 valence electrons. The lowest BCUT2D eigenvalue weighted by Crippen LogP contribution is -2.39. The second-order valence-corrected chi connectivity index (χ2v) is 7.26. The number of phenolic OH excluding ortho intramolecular Hbond substituents is 1. The first-order valence-corrected chi connectivity index (χ1v) is 9.03. The van der Waals surface area contributed by atoms with Crippen molar-refractivity contribution in [1.82, 2.24) is 14.9 Å². The van der Waals surface area contributed by atoms with Crippen LogP contribution >= 0.6 is 0 Å². The van der Waals surface area contributed by atoms with Crippen molar-refractivity contribution >= 4 is 17.2 Å². The average Bonchev–Trinajstić information content (AvgIpc) is 2.95. The number of pyridine rings is 1. The van der Waals surface area contributed by atoms with Crippen LogP contribution in [0.4, 0.5) is 6.01 Å². The van der Waals surface area contributed by atoms with Gasteiger partial charge in [0, 0.05) is 18.2 Å². The Bertz CT molecular complexity index is 927. The van der Waals surface area contributed by atoms with Gasteiger partial charge in [-0.2, -0.15) is 4.98 Å². The molecule has 4 rings (SSSR count). The van der Waals surface area contributed by atoms with Crippen LogP contribution in [0.25, 0.3) is 22.5 Å². The van der Waals surface area contributed by atoms with Gasteiger partial charge in [0.15, 0.2) is 5.58 Å². The first-order chi connectivity index (χ1) is 12.5. The van der Waals surface area contributed by atoms with Crippen molar-refractivity contribution in [1.29, 1.82) is 0 Å². The molecule has 1 aliphatic heterocycles. The molecule has 0 radical (unpaired) electrons. The third-order valence-corrected chi connectivity index (χ3v) is 4.92. The summed E-state index contributed by atoms with van der Waals surface area (Å²) in [5.74, 6) is 0.237. The van der Waals surface area contributed by atoms with Gasteiger partial charge >= 0.3 is 0 Å². The van der Waals surface area contributed by atoms with Crippen LogP contribution in [0.3, 0.4) is 0 Å². The first-order valence-electron chi connectivity index (χ1n) is 9.03. The van der Waals surface area contributed by atoms with E-state index in [2.05, 4.69) is 27.2 Å². The summed E-state index contributed by atoms with van der Waals surface area (Å²) in [5, 5.41) is 13.7. The SMILES string of the molecule is Cc1cc(C)c(-c2ccc3oc(N[C@@H]4CCCN(C)C4)nc3n2)c(O)c1. The van der Waals surface area contributed by atoms with E-state index >= 15 is 0 Å². The number of hydrogen-bond donors (Lipinski definition) is 2. The minimum Gasteiger partial charge on any atom is -0.507 e. The van der Waals surface area contributed by atoms with E-state index < -0.39 is 0 Å². The zero-order valence-corrected chi connectivity index (χ0v) is 15.4. The number of aromatic nitrogens is 2. The number of nitrogens with zero attached hydrogens (tertiary/aromatic N) is 3. The molecule has 0 aliphatic carbocycles. The van der Waals surface area contributed by atoms with Crippen LogP contribution in [0, 0.1) is 13.8 Å². The minimum atomic E-state index is 0.237. The summed E-state index contributed by atoms with van der Waals surface area (Å²) in [4.78, 5) is 11.4. The van der Waals surface area contributed by atoms with E-state index in [1.54, 1.807) is 6.07 Å². The maximum Gasteiger partial charge on any atom is 0.297 e. The van der Waals surface area contributed by atoms with Gasteiger partial charge in [-0.3, -0.25) is 0 Å². The highest BCUT2D eigenvalue weighted by atomic mass is 16.4. The third-order valence-electron chi connectivity index (χ3n) is 4.92. The summed E-state index contributed by atoms with van der Waals surface area (Å²) in [5.41, 5.74) is 4.64. The zero-order chi connectivity index (χ0) is 18.3. The van der Waals surface area contributed by atoms with Gasteiger partial charge in [-0.25, -0.2) is 4.98 Å². The van der Waals surface area contributed by atoms with Crippen molar-refractivity contribution in [3.05, 3.63) is 35.4 Å². The Morgan fingerprint density at radius 1 is 1.23 bits per heavy atom. The Morgan fingerprint density at radius 2 is 2.08 bits per heavy atom. The molecule has 3 aromatic rings. The first kappa shape index (κ1) is 16.8. The number of piperidine rings is 1. The number of anilines is 1. The largest absolute Gasteiger partial charge is 0.507 e. The van der Waals surface area contributed by atoms with Crippen LogP contribution < -0.4 is 5.32 Å². The van der Waals surface area contributed by atoms with Crippen molar-refractivity contribution in [3.8, 4) is 17.0 Å². The van der Waals surface area contributed by atoms with Crippen molar-refractivity contribution in [2.24, 2.45) is 0 Å².